The van der Waals surface area contributed by atoms with E-state index in [0.29, 0.717) is 28.0 Å². The first kappa shape index (κ1) is 22.5. The molecule has 0 aliphatic rings. The first-order valence-corrected chi connectivity index (χ1v) is 9.72. The molecule has 2 rings (SSSR count). The number of ether oxygens (including phenoxy) is 2. The van der Waals surface area contributed by atoms with E-state index in [1.54, 1.807) is 19.1 Å². The molecular formula is C24H30O5. The molecular weight excluding hydrogens is 368 g/mol. The maximum Gasteiger partial charge on any atom is 0.343 e. The van der Waals surface area contributed by atoms with Crippen molar-refractivity contribution in [1.29, 1.82) is 0 Å². The zero-order chi connectivity index (χ0) is 22.0. The van der Waals surface area contributed by atoms with Crippen LogP contribution in [0.25, 0.3) is 0 Å². The number of esters is 2. The highest BCUT2D eigenvalue weighted by Crippen LogP contribution is 2.41. The van der Waals surface area contributed by atoms with Gasteiger partial charge in [0.05, 0.1) is 17.7 Å². The molecule has 0 atom stereocenters. The van der Waals surface area contributed by atoms with Gasteiger partial charge in [-0.1, -0.05) is 41.5 Å². The number of hydrogen-bond donors (Lipinski definition) is 1. The van der Waals surface area contributed by atoms with Crippen LogP contribution in [0.2, 0.25) is 0 Å². The van der Waals surface area contributed by atoms with Crippen molar-refractivity contribution in [3.63, 3.8) is 0 Å². The van der Waals surface area contributed by atoms with E-state index in [2.05, 4.69) is 0 Å². The van der Waals surface area contributed by atoms with Gasteiger partial charge >= 0.3 is 11.9 Å². The molecule has 5 nitrogen and oxygen atoms in total. The molecule has 0 spiro atoms. The van der Waals surface area contributed by atoms with Crippen LogP contribution in [0.15, 0.2) is 36.4 Å². The lowest BCUT2D eigenvalue weighted by molar-refractivity contribution is 0.0525. The Morgan fingerprint density at radius 3 is 1.62 bits per heavy atom. The summed E-state index contributed by atoms with van der Waals surface area (Å²) in [6.07, 6.45) is 0. The molecule has 0 heterocycles. The van der Waals surface area contributed by atoms with Crippen LogP contribution in [-0.2, 0) is 15.6 Å². The number of hydrogen-bond acceptors (Lipinski definition) is 5. The van der Waals surface area contributed by atoms with E-state index in [0.717, 1.165) is 0 Å². The van der Waals surface area contributed by atoms with Gasteiger partial charge in [-0.05, 0) is 54.2 Å². The summed E-state index contributed by atoms with van der Waals surface area (Å²) in [5.74, 6) is -0.373. The van der Waals surface area contributed by atoms with Gasteiger partial charge in [-0.25, -0.2) is 9.59 Å². The normalized spacial score (nSPS) is 11.8. The highest BCUT2D eigenvalue weighted by molar-refractivity contribution is 5.94. The number of phenols is 1. The Morgan fingerprint density at radius 1 is 0.828 bits per heavy atom. The van der Waals surface area contributed by atoms with Gasteiger partial charge in [-0.3, -0.25) is 0 Å². The fourth-order valence-electron chi connectivity index (χ4n) is 2.93. The molecule has 29 heavy (non-hydrogen) atoms. The molecule has 0 unspecified atom stereocenters. The van der Waals surface area contributed by atoms with E-state index in [4.69, 9.17) is 9.47 Å². The van der Waals surface area contributed by atoms with E-state index >= 15 is 0 Å². The molecule has 0 amide bonds. The summed E-state index contributed by atoms with van der Waals surface area (Å²) < 4.78 is 10.6. The highest BCUT2D eigenvalue weighted by Gasteiger charge is 2.27. The number of carbonyl (C=O) groups excluding carboxylic acids is 2. The minimum Gasteiger partial charge on any atom is -0.507 e. The first-order chi connectivity index (χ1) is 13.3. The van der Waals surface area contributed by atoms with E-state index in [-0.39, 0.29) is 23.2 Å². The molecule has 0 saturated carbocycles. The maximum absolute atomic E-state index is 12.6. The average molecular weight is 398 g/mol. The van der Waals surface area contributed by atoms with E-state index in [9.17, 15) is 14.7 Å². The van der Waals surface area contributed by atoms with Crippen LogP contribution in [0.1, 0.15) is 80.3 Å². The van der Waals surface area contributed by atoms with Gasteiger partial charge in [-0.15, -0.1) is 0 Å². The monoisotopic (exact) mass is 398 g/mol. The van der Waals surface area contributed by atoms with Gasteiger partial charge in [0.1, 0.15) is 11.5 Å². The lowest BCUT2D eigenvalue weighted by Crippen LogP contribution is -2.18. The van der Waals surface area contributed by atoms with E-state index in [1.807, 2.05) is 41.5 Å². The fourth-order valence-corrected chi connectivity index (χ4v) is 2.93. The van der Waals surface area contributed by atoms with Gasteiger partial charge < -0.3 is 14.6 Å². The molecule has 0 bridgehead atoms. The zero-order valence-corrected chi connectivity index (χ0v) is 18.3. The van der Waals surface area contributed by atoms with Gasteiger partial charge in [-0.2, -0.15) is 0 Å². The molecule has 0 saturated heterocycles. The standard InChI is InChI=1S/C24H30O5/c1-8-28-21(26)15-9-11-16(12-10-15)22(27)29-17-13-18(23(2,3)4)20(25)19(14-17)24(5,6)7/h9-14,25H,8H2,1-7H3. The topological polar surface area (TPSA) is 72.8 Å². The summed E-state index contributed by atoms with van der Waals surface area (Å²) in [6.45, 7) is 14.0. The van der Waals surface area contributed by atoms with Gasteiger partial charge in [0.15, 0.2) is 0 Å². The Bertz CT molecular complexity index is 861. The van der Waals surface area contributed by atoms with Crippen molar-refractivity contribution in [2.75, 3.05) is 6.61 Å². The lowest BCUT2D eigenvalue weighted by Gasteiger charge is -2.27. The second kappa shape index (κ2) is 8.27. The molecule has 1 N–H and O–H groups in total. The predicted octanol–water partition coefficient (Wildman–Crippen LogP) is 5.38. The largest absolute Gasteiger partial charge is 0.507 e. The molecule has 5 heteroatoms. The Labute approximate surface area is 172 Å². The molecule has 0 aromatic heterocycles. The van der Waals surface area contributed by atoms with Crippen molar-refractivity contribution in [3.8, 4) is 11.5 Å². The number of rotatable bonds is 4. The van der Waals surface area contributed by atoms with Crippen molar-refractivity contribution >= 4 is 11.9 Å². The summed E-state index contributed by atoms with van der Waals surface area (Å²) >= 11 is 0. The number of phenolic OH excluding ortho intramolecular Hbond substituents is 1. The number of carbonyl (C=O) groups is 2. The minimum atomic E-state index is -0.536. The summed E-state index contributed by atoms with van der Waals surface area (Å²) in [5, 5.41) is 10.8. The van der Waals surface area contributed by atoms with Gasteiger partial charge in [0.25, 0.3) is 0 Å². The molecule has 0 aliphatic heterocycles. The van der Waals surface area contributed by atoms with E-state index < -0.39 is 11.9 Å². The molecule has 0 fully saturated rings. The Morgan fingerprint density at radius 2 is 1.24 bits per heavy atom. The SMILES string of the molecule is CCOC(=O)c1ccc(C(=O)Oc2cc(C(C)(C)C)c(O)c(C(C)(C)C)c2)cc1. The average Bonchev–Trinajstić information content (AvgIpc) is 2.61. The third-order valence-corrected chi connectivity index (χ3v) is 4.54. The second-order valence-electron chi connectivity index (χ2n) is 9.05. The van der Waals surface area contributed by atoms with Crippen molar-refractivity contribution < 1.29 is 24.2 Å². The third kappa shape index (κ3) is 5.37. The van der Waals surface area contributed by atoms with Crippen LogP contribution in [0, 0.1) is 0 Å². The van der Waals surface area contributed by atoms with Crippen LogP contribution in [-0.4, -0.2) is 23.7 Å². The van der Waals surface area contributed by atoms with Crippen LogP contribution in [0.3, 0.4) is 0 Å². The molecule has 2 aromatic carbocycles. The van der Waals surface area contributed by atoms with Crippen LogP contribution >= 0.6 is 0 Å². The number of aromatic hydroxyl groups is 1. The van der Waals surface area contributed by atoms with Crippen molar-refractivity contribution in [2.45, 2.75) is 59.3 Å². The second-order valence-corrected chi connectivity index (χ2v) is 9.05. The molecule has 2 aromatic rings. The van der Waals surface area contributed by atoms with Crippen molar-refractivity contribution in [2.24, 2.45) is 0 Å². The van der Waals surface area contributed by atoms with Crippen LogP contribution < -0.4 is 4.74 Å². The first-order valence-electron chi connectivity index (χ1n) is 9.72. The molecule has 0 aliphatic carbocycles. The lowest BCUT2D eigenvalue weighted by atomic mass is 9.79. The van der Waals surface area contributed by atoms with Crippen LogP contribution in [0.4, 0.5) is 0 Å². The molecule has 156 valence electrons. The zero-order valence-electron chi connectivity index (χ0n) is 18.3. The van der Waals surface area contributed by atoms with E-state index in [1.165, 1.54) is 24.3 Å². The highest BCUT2D eigenvalue weighted by atomic mass is 16.5. The minimum absolute atomic E-state index is 0.226. The van der Waals surface area contributed by atoms with Crippen LogP contribution in [0.5, 0.6) is 11.5 Å². The van der Waals surface area contributed by atoms with Crippen molar-refractivity contribution in [3.05, 3.63) is 58.7 Å². The Hall–Kier alpha value is -2.82. The predicted molar refractivity (Wildman–Crippen MR) is 113 cm³/mol. The Balaban J connectivity index is 2.36. The third-order valence-electron chi connectivity index (χ3n) is 4.54. The summed E-state index contributed by atoms with van der Waals surface area (Å²) in [5.41, 5.74) is 1.47. The Kier molecular flexibility index (Phi) is 6.41. The summed E-state index contributed by atoms with van der Waals surface area (Å²) in [6, 6.07) is 9.54. The quantitative estimate of drug-likeness (QED) is 0.553. The summed E-state index contributed by atoms with van der Waals surface area (Å²) in [7, 11) is 0. The maximum atomic E-state index is 12.6. The van der Waals surface area contributed by atoms with Crippen molar-refractivity contribution in [1.82, 2.24) is 0 Å². The fraction of sp³-hybridized carbons (Fsp3) is 0.417. The number of benzene rings is 2. The smallest absolute Gasteiger partial charge is 0.343 e. The van der Waals surface area contributed by atoms with Gasteiger partial charge in [0.2, 0.25) is 0 Å². The molecule has 0 radical (unpaired) electrons. The van der Waals surface area contributed by atoms with Gasteiger partial charge in [0, 0.05) is 11.1 Å². The summed E-state index contributed by atoms with van der Waals surface area (Å²) in [4.78, 5) is 24.4.